The third kappa shape index (κ3) is 4.80. The molecule has 1 fully saturated rings. The Balaban J connectivity index is 1.67. The molecule has 5 rings (SSSR count). The van der Waals surface area contributed by atoms with Crippen molar-refractivity contribution in [2.45, 2.75) is 45.1 Å². The van der Waals surface area contributed by atoms with Crippen molar-refractivity contribution in [3.63, 3.8) is 0 Å². The first-order valence-corrected chi connectivity index (χ1v) is 12.2. The Kier molecular flexibility index (Phi) is 6.54. The molecule has 13 heteroatoms. The highest BCUT2D eigenvalue weighted by Gasteiger charge is 2.35. The summed E-state index contributed by atoms with van der Waals surface area (Å²) < 4.78 is 56.5. The topological polar surface area (TPSA) is 95.6 Å². The maximum Gasteiger partial charge on any atom is 0.356 e. The zero-order valence-corrected chi connectivity index (χ0v) is 21.1. The molecule has 4 heterocycles. The first-order chi connectivity index (χ1) is 17.9. The highest BCUT2D eigenvalue weighted by atomic mass is 35.5. The molecule has 0 aliphatic carbocycles. The van der Waals surface area contributed by atoms with Crippen LogP contribution in [-0.4, -0.2) is 49.4 Å². The number of fused-ring (bicyclic) bond motifs is 3. The minimum Gasteiger partial charge on any atom is -0.476 e. The number of nitrogens with one attached hydrogen (secondary N) is 1. The Morgan fingerprint density at radius 3 is 2.53 bits per heavy atom. The minimum atomic E-state index is -2.83. The fourth-order valence-electron chi connectivity index (χ4n) is 4.71. The lowest BCUT2D eigenvalue weighted by molar-refractivity contribution is -0.0222. The van der Waals surface area contributed by atoms with Crippen LogP contribution in [0.3, 0.4) is 0 Å². The third-order valence-corrected chi connectivity index (χ3v) is 6.79. The Hall–Kier alpha value is -3.67. The smallest absolute Gasteiger partial charge is 0.356 e. The van der Waals surface area contributed by atoms with Gasteiger partial charge in [-0.05, 0) is 37.6 Å². The maximum atomic E-state index is 13.9. The number of hydrogen-bond donors (Lipinski definition) is 2. The van der Waals surface area contributed by atoms with E-state index in [0.717, 1.165) is 5.56 Å². The number of piperidine rings is 1. The Labute approximate surface area is 219 Å². The molecule has 0 radical (unpaired) electrons. The van der Waals surface area contributed by atoms with Gasteiger partial charge in [-0.15, -0.1) is 0 Å². The second kappa shape index (κ2) is 9.57. The second-order valence-corrected chi connectivity index (χ2v) is 9.75. The molecule has 3 aromatic heterocycles. The van der Waals surface area contributed by atoms with Crippen molar-refractivity contribution in [2.75, 3.05) is 23.3 Å². The summed E-state index contributed by atoms with van der Waals surface area (Å²) in [5.41, 5.74) is 1.61. The van der Waals surface area contributed by atoms with E-state index >= 15 is 0 Å². The molecule has 1 saturated heterocycles. The highest BCUT2D eigenvalue weighted by Crippen LogP contribution is 2.36. The van der Waals surface area contributed by atoms with Crippen LogP contribution in [-0.2, 0) is 0 Å². The van der Waals surface area contributed by atoms with Gasteiger partial charge in [-0.1, -0.05) is 17.7 Å². The Bertz CT molecular complexity index is 1550. The molecular weight excluding hydrogens is 528 g/mol. The van der Waals surface area contributed by atoms with Crippen LogP contribution in [0.5, 0.6) is 0 Å². The second-order valence-electron chi connectivity index (χ2n) is 9.37. The number of pyridine rings is 1. The van der Waals surface area contributed by atoms with Gasteiger partial charge in [-0.3, -0.25) is 4.40 Å². The molecule has 1 unspecified atom stereocenters. The van der Waals surface area contributed by atoms with Crippen LogP contribution in [0.15, 0.2) is 30.5 Å². The van der Waals surface area contributed by atoms with E-state index in [1.54, 1.807) is 17.9 Å². The van der Waals surface area contributed by atoms with Crippen LogP contribution < -0.4 is 10.2 Å². The van der Waals surface area contributed by atoms with Crippen LogP contribution >= 0.6 is 11.6 Å². The molecule has 1 aliphatic rings. The molecule has 8 nitrogen and oxygen atoms in total. The molecule has 0 saturated carbocycles. The zero-order chi connectivity index (χ0) is 27.4. The van der Waals surface area contributed by atoms with E-state index in [9.17, 15) is 27.5 Å². The number of carbonyl (C=O) groups is 1. The lowest BCUT2D eigenvalue weighted by Crippen LogP contribution is -2.40. The fraction of sp³-hybridized carbons (Fsp3) is 0.360. The van der Waals surface area contributed by atoms with Crippen molar-refractivity contribution in [2.24, 2.45) is 0 Å². The zero-order valence-electron chi connectivity index (χ0n) is 20.4. The maximum absolute atomic E-state index is 13.9. The van der Waals surface area contributed by atoms with E-state index in [1.807, 2.05) is 13.0 Å². The molecule has 4 aromatic rings. The Morgan fingerprint density at radius 2 is 1.87 bits per heavy atom. The summed E-state index contributed by atoms with van der Waals surface area (Å²) in [6, 6.07) is 6.06. The summed E-state index contributed by atoms with van der Waals surface area (Å²) in [5, 5.41) is 13.2. The number of carboxylic acid groups (broad SMARTS) is 1. The van der Waals surface area contributed by atoms with Crippen LogP contribution in [0, 0.1) is 6.92 Å². The number of imidazole rings is 1. The van der Waals surface area contributed by atoms with Gasteiger partial charge < -0.3 is 15.3 Å². The molecule has 1 atom stereocenters. The summed E-state index contributed by atoms with van der Waals surface area (Å²) in [6.45, 7) is 3.61. The first-order valence-electron chi connectivity index (χ1n) is 11.8. The van der Waals surface area contributed by atoms with E-state index in [2.05, 4.69) is 15.3 Å². The number of halogens is 5. The number of rotatable bonds is 6. The SMILES string of the molecule is Cc1cc(C(C)Nc2ccc(Cl)nc2C(=O)O)c2nc(N3CCC(F)(F)CC3)n3cc(C(F)F)nc3c2c1. The van der Waals surface area contributed by atoms with Gasteiger partial charge in [0.25, 0.3) is 12.3 Å². The van der Waals surface area contributed by atoms with E-state index in [4.69, 9.17) is 16.6 Å². The molecule has 1 aliphatic heterocycles. The van der Waals surface area contributed by atoms with Crippen molar-refractivity contribution in [3.05, 3.63) is 58.1 Å². The quantitative estimate of drug-likeness (QED) is 0.215. The van der Waals surface area contributed by atoms with Gasteiger partial charge in [0.1, 0.15) is 16.5 Å². The van der Waals surface area contributed by atoms with Crippen molar-refractivity contribution < 1.29 is 27.5 Å². The highest BCUT2D eigenvalue weighted by molar-refractivity contribution is 6.29. The lowest BCUT2D eigenvalue weighted by atomic mass is 10.0. The monoisotopic (exact) mass is 550 g/mol. The summed E-state index contributed by atoms with van der Waals surface area (Å²) in [5.74, 6) is -3.83. The predicted octanol–water partition coefficient (Wildman–Crippen LogP) is 6.28. The number of carboxylic acids is 1. The van der Waals surface area contributed by atoms with Crippen LogP contribution in [0.4, 0.5) is 29.2 Å². The normalized spacial score (nSPS) is 16.4. The summed E-state index contributed by atoms with van der Waals surface area (Å²) in [6.07, 6.45) is -2.41. The lowest BCUT2D eigenvalue weighted by Gasteiger charge is -2.33. The van der Waals surface area contributed by atoms with Gasteiger partial charge in [-0.2, -0.15) is 0 Å². The van der Waals surface area contributed by atoms with Gasteiger partial charge in [-0.25, -0.2) is 37.3 Å². The molecule has 0 bridgehead atoms. The van der Waals surface area contributed by atoms with Crippen molar-refractivity contribution in [1.82, 2.24) is 19.4 Å². The number of aromatic carboxylic acids is 1. The average Bonchev–Trinajstić information content (AvgIpc) is 3.31. The molecule has 1 aromatic carbocycles. The summed E-state index contributed by atoms with van der Waals surface area (Å²) in [7, 11) is 0. The van der Waals surface area contributed by atoms with Crippen molar-refractivity contribution in [3.8, 4) is 0 Å². The van der Waals surface area contributed by atoms with E-state index in [0.29, 0.717) is 16.5 Å². The summed E-state index contributed by atoms with van der Waals surface area (Å²) in [4.78, 5) is 26.2. The van der Waals surface area contributed by atoms with Crippen molar-refractivity contribution in [1.29, 1.82) is 0 Å². The van der Waals surface area contributed by atoms with Crippen LogP contribution in [0.25, 0.3) is 16.6 Å². The minimum absolute atomic E-state index is 0.00376. The van der Waals surface area contributed by atoms with E-state index in [-0.39, 0.29) is 54.1 Å². The van der Waals surface area contributed by atoms with Gasteiger partial charge >= 0.3 is 5.97 Å². The van der Waals surface area contributed by atoms with Gasteiger partial charge in [0.15, 0.2) is 5.69 Å². The largest absolute Gasteiger partial charge is 0.476 e. The van der Waals surface area contributed by atoms with Gasteiger partial charge in [0.05, 0.1) is 17.2 Å². The standard InChI is InChI=1S/C25H23ClF4N6O2/c1-12-9-14(13(2)31-16-3-4-18(26)33-20(16)23(37)38)19-15(10-12)22-32-17(21(27)28)11-36(22)24(34-19)35-7-5-25(29,30)6-8-35/h3-4,9-11,13,21,31H,5-8H2,1-2H3,(H,37,38). The molecule has 200 valence electrons. The van der Waals surface area contributed by atoms with Crippen LogP contribution in [0.1, 0.15) is 59.5 Å². The molecule has 0 spiro atoms. The molecule has 38 heavy (non-hydrogen) atoms. The fourth-order valence-corrected chi connectivity index (χ4v) is 4.86. The third-order valence-electron chi connectivity index (χ3n) is 6.58. The predicted molar refractivity (Wildman–Crippen MR) is 135 cm³/mol. The number of aromatic nitrogens is 4. The Morgan fingerprint density at radius 1 is 1.16 bits per heavy atom. The molecular formula is C25H23ClF4N6O2. The molecule has 2 N–H and O–H groups in total. The number of aryl methyl sites for hydroxylation is 1. The van der Waals surface area contributed by atoms with E-state index < -0.39 is 30.1 Å². The molecule has 0 amide bonds. The van der Waals surface area contributed by atoms with Crippen LogP contribution in [0.2, 0.25) is 5.15 Å². The number of nitrogens with zero attached hydrogens (tertiary/aromatic N) is 5. The van der Waals surface area contributed by atoms with Crippen molar-refractivity contribution >= 4 is 45.8 Å². The summed E-state index contributed by atoms with van der Waals surface area (Å²) >= 11 is 5.88. The van der Waals surface area contributed by atoms with Gasteiger partial charge in [0.2, 0.25) is 5.95 Å². The number of hydrogen-bond acceptors (Lipinski definition) is 6. The van der Waals surface area contributed by atoms with Gasteiger partial charge in [0, 0.05) is 43.1 Å². The van der Waals surface area contributed by atoms with E-state index in [1.165, 1.54) is 22.7 Å². The number of anilines is 2. The number of alkyl halides is 4. The average molecular weight is 551 g/mol. The number of benzene rings is 1. The first kappa shape index (κ1) is 26.0.